The van der Waals surface area contributed by atoms with Crippen LogP contribution in [0.3, 0.4) is 0 Å². The monoisotopic (exact) mass is 361 g/mol. The van der Waals surface area contributed by atoms with Crippen LogP contribution in [0.4, 0.5) is 17.1 Å². The molecule has 0 spiro atoms. The molecular weight excluding hydrogens is 342 g/mol. The smallest absolute Gasteiger partial charge is 0.257 e. The molecule has 1 heterocycles. The van der Waals surface area contributed by atoms with Crippen LogP contribution in [0.25, 0.3) is 0 Å². The largest absolute Gasteiger partial charge is 0.497 e. The number of hydrogen-bond donors (Lipinski definition) is 2. The maximum Gasteiger partial charge on any atom is 0.257 e. The predicted molar refractivity (Wildman–Crippen MR) is 105 cm³/mol. The number of benzene rings is 2. The Kier molecular flexibility index (Phi) is 5.47. The highest BCUT2D eigenvalue weighted by Crippen LogP contribution is 2.20. The summed E-state index contributed by atoms with van der Waals surface area (Å²) < 4.78 is 5.14. The first-order chi connectivity index (χ1) is 13.0. The molecule has 1 aromatic heterocycles. The maximum atomic E-state index is 12.5. The summed E-state index contributed by atoms with van der Waals surface area (Å²) in [4.78, 5) is 28.1. The minimum absolute atomic E-state index is 0.0570. The van der Waals surface area contributed by atoms with Crippen molar-refractivity contribution < 1.29 is 14.3 Å². The molecule has 3 rings (SSSR count). The number of pyridine rings is 1. The lowest BCUT2D eigenvalue weighted by Gasteiger charge is -2.10. The molecule has 136 valence electrons. The first kappa shape index (κ1) is 18.1. The van der Waals surface area contributed by atoms with Crippen molar-refractivity contribution >= 4 is 28.8 Å². The fourth-order valence-corrected chi connectivity index (χ4v) is 2.49. The topological polar surface area (TPSA) is 80.3 Å². The summed E-state index contributed by atoms with van der Waals surface area (Å²) in [5, 5.41) is 5.98. The molecule has 0 saturated heterocycles. The number of hydrogen-bond acceptors (Lipinski definition) is 5. The van der Waals surface area contributed by atoms with Crippen molar-refractivity contribution in [3.05, 3.63) is 78.1 Å². The third-order valence-corrected chi connectivity index (χ3v) is 3.91. The van der Waals surface area contributed by atoms with Gasteiger partial charge in [-0.3, -0.25) is 14.6 Å². The molecule has 1 amide bonds. The maximum absolute atomic E-state index is 12.5. The number of carbonyl (C=O) groups excluding carboxylic acids is 2. The molecule has 0 atom stereocenters. The standard InChI is InChI=1S/C21H19N3O3/c1-14(25)15-4-3-5-18(10-15)24-21(26)16-11-19(13-22-12-16)23-17-6-8-20(27-2)9-7-17/h3-13,23H,1-2H3,(H,24,26). The number of aromatic nitrogens is 1. The highest BCUT2D eigenvalue weighted by atomic mass is 16.5. The third-order valence-electron chi connectivity index (χ3n) is 3.91. The number of methoxy groups -OCH3 is 1. The van der Waals surface area contributed by atoms with E-state index >= 15 is 0 Å². The second kappa shape index (κ2) is 8.14. The number of carbonyl (C=O) groups is 2. The van der Waals surface area contributed by atoms with Gasteiger partial charge in [0.25, 0.3) is 5.91 Å². The average Bonchev–Trinajstić information content (AvgIpc) is 2.69. The fraction of sp³-hybridized carbons (Fsp3) is 0.0952. The lowest BCUT2D eigenvalue weighted by molar-refractivity contribution is 0.101. The van der Waals surface area contributed by atoms with Crippen molar-refractivity contribution in [2.24, 2.45) is 0 Å². The van der Waals surface area contributed by atoms with Crippen LogP contribution in [0, 0.1) is 0 Å². The van der Waals surface area contributed by atoms with Gasteiger partial charge >= 0.3 is 0 Å². The molecule has 6 heteroatoms. The first-order valence-corrected chi connectivity index (χ1v) is 8.33. The van der Waals surface area contributed by atoms with Gasteiger partial charge in [-0.05, 0) is 49.4 Å². The molecule has 0 bridgehead atoms. The van der Waals surface area contributed by atoms with Crippen LogP contribution in [0.2, 0.25) is 0 Å². The molecule has 0 radical (unpaired) electrons. The van der Waals surface area contributed by atoms with E-state index < -0.39 is 0 Å². The second-order valence-corrected chi connectivity index (χ2v) is 5.91. The number of anilines is 3. The van der Waals surface area contributed by atoms with Gasteiger partial charge in [-0.1, -0.05) is 12.1 Å². The van der Waals surface area contributed by atoms with Crippen molar-refractivity contribution in [1.29, 1.82) is 0 Å². The summed E-state index contributed by atoms with van der Waals surface area (Å²) in [6.45, 7) is 1.49. The highest BCUT2D eigenvalue weighted by molar-refractivity contribution is 6.05. The molecule has 2 N–H and O–H groups in total. The van der Waals surface area contributed by atoms with E-state index in [1.807, 2.05) is 24.3 Å². The molecule has 0 aliphatic rings. The molecule has 0 aliphatic heterocycles. The number of nitrogens with one attached hydrogen (secondary N) is 2. The Morgan fingerprint density at radius 3 is 2.33 bits per heavy atom. The van der Waals surface area contributed by atoms with E-state index in [2.05, 4.69) is 15.6 Å². The van der Waals surface area contributed by atoms with Gasteiger partial charge in [0.2, 0.25) is 0 Å². The summed E-state index contributed by atoms with van der Waals surface area (Å²) >= 11 is 0. The quantitative estimate of drug-likeness (QED) is 0.640. The van der Waals surface area contributed by atoms with Crippen LogP contribution in [-0.2, 0) is 0 Å². The van der Waals surface area contributed by atoms with Gasteiger partial charge in [0.1, 0.15) is 5.75 Å². The molecule has 3 aromatic rings. The van der Waals surface area contributed by atoms with E-state index in [1.165, 1.54) is 13.1 Å². The number of nitrogens with zero attached hydrogens (tertiary/aromatic N) is 1. The predicted octanol–water partition coefficient (Wildman–Crippen LogP) is 4.29. The number of rotatable bonds is 6. The summed E-state index contributed by atoms with van der Waals surface area (Å²) in [5.41, 5.74) is 3.04. The number of ketones is 1. The second-order valence-electron chi connectivity index (χ2n) is 5.91. The van der Waals surface area contributed by atoms with E-state index in [0.29, 0.717) is 22.5 Å². The minimum Gasteiger partial charge on any atom is -0.497 e. The van der Waals surface area contributed by atoms with E-state index in [1.54, 1.807) is 43.6 Å². The van der Waals surface area contributed by atoms with E-state index in [0.717, 1.165) is 11.4 Å². The summed E-state index contributed by atoms with van der Waals surface area (Å²) in [7, 11) is 1.61. The Morgan fingerprint density at radius 1 is 0.889 bits per heavy atom. The van der Waals surface area contributed by atoms with Crippen LogP contribution in [0.5, 0.6) is 5.75 Å². The average molecular weight is 361 g/mol. The molecule has 6 nitrogen and oxygen atoms in total. The van der Waals surface area contributed by atoms with Crippen LogP contribution in [0.15, 0.2) is 67.0 Å². The van der Waals surface area contributed by atoms with Gasteiger partial charge in [-0.25, -0.2) is 0 Å². The summed E-state index contributed by atoms with van der Waals surface area (Å²) in [6, 6.07) is 16.0. The number of amides is 1. The van der Waals surface area contributed by atoms with Gasteiger partial charge in [0.15, 0.2) is 5.78 Å². The summed E-state index contributed by atoms with van der Waals surface area (Å²) in [5.74, 6) is 0.402. The van der Waals surface area contributed by atoms with Gasteiger partial charge < -0.3 is 15.4 Å². The summed E-state index contributed by atoms with van der Waals surface area (Å²) in [6.07, 6.45) is 3.13. The zero-order chi connectivity index (χ0) is 19.2. The third kappa shape index (κ3) is 4.70. The SMILES string of the molecule is COc1ccc(Nc2cncc(C(=O)Nc3cccc(C(C)=O)c3)c2)cc1. The molecule has 0 saturated carbocycles. The first-order valence-electron chi connectivity index (χ1n) is 8.33. The van der Waals surface area contributed by atoms with E-state index in [9.17, 15) is 9.59 Å². The van der Waals surface area contributed by atoms with Crippen molar-refractivity contribution in [3.8, 4) is 5.75 Å². The van der Waals surface area contributed by atoms with Crippen molar-refractivity contribution in [2.45, 2.75) is 6.92 Å². The molecule has 2 aromatic carbocycles. The molecule has 27 heavy (non-hydrogen) atoms. The Morgan fingerprint density at radius 2 is 1.63 bits per heavy atom. The van der Waals surface area contributed by atoms with Crippen LogP contribution >= 0.6 is 0 Å². The van der Waals surface area contributed by atoms with E-state index in [4.69, 9.17) is 4.74 Å². The highest BCUT2D eigenvalue weighted by Gasteiger charge is 2.09. The number of ether oxygens (including phenoxy) is 1. The zero-order valence-electron chi connectivity index (χ0n) is 15.0. The van der Waals surface area contributed by atoms with Gasteiger partial charge in [-0.2, -0.15) is 0 Å². The Hall–Kier alpha value is -3.67. The Labute approximate surface area is 157 Å². The van der Waals surface area contributed by atoms with Crippen LogP contribution < -0.4 is 15.4 Å². The normalized spacial score (nSPS) is 10.1. The lowest BCUT2D eigenvalue weighted by Crippen LogP contribution is -2.13. The van der Waals surface area contributed by atoms with E-state index in [-0.39, 0.29) is 11.7 Å². The molecule has 0 aliphatic carbocycles. The fourth-order valence-electron chi connectivity index (χ4n) is 2.49. The van der Waals surface area contributed by atoms with Crippen LogP contribution in [-0.4, -0.2) is 23.8 Å². The van der Waals surface area contributed by atoms with Gasteiger partial charge in [0, 0.05) is 23.1 Å². The Balaban J connectivity index is 1.73. The minimum atomic E-state index is -0.304. The molecule has 0 fully saturated rings. The van der Waals surface area contributed by atoms with Crippen molar-refractivity contribution in [3.63, 3.8) is 0 Å². The van der Waals surface area contributed by atoms with Crippen molar-refractivity contribution in [2.75, 3.05) is 17.7 Å². The van der Waals surface area contributed by atoms with Crippen LogP contribution in [0.1, 0.15) is 27.6 Å². The van der Waals surface area contributed by atoms with Gasteiger partial charge in [-0.15, -0.1) is 0 Å². The lowest BCUT2D eigenvalue weighted by atomic mass is 10.1. The molecule has 0 unspecified atom stereocenters. The van der Waals surface area contributed by atoms with Crippen molar-refractivity contribution in [1.82, 2.24) is 4.98 Å². The van der Waals surface area contributed by atoms with Gasteiger partial charge in [0.05, 0.1) is 24.6 Å². The Bertz CT molecular complexity index is 968. The molecular formula is C21H19N3O3. The number of Topliss-reactive ketones (excluding diaryl/α,β-unsaturated/α-hetero) is 1. The zero-order valence-corrected chi connectivity index (χ0v) is 15.0.